The van der Waals surface area contributed by atoms with Crippen LogP contribution in [0.25, 0.3) is 0 Å². The molecule has 2 atom stereocenters. The van der Waals surface area contributed by atoms with E-state index in [4.69, 9.17) is 5.11 Å². The van der Waals surface area contributed by atoms with E-state index in [0.717, 1.165) is 25.9 Å². The van der Waals surface area contributed by atoms with Gasteiger partial charge in [-0.15, -0.1) is 0 Å². The van der Waals surface area contributed by atoms with Crippen LogP contribution >= 0.6 is 0 Å². The third-order valence-electron chi connectivity index (χ3n) is 3.99. The van der Waals surface area contributed by atoms with Crippen molar-refractivity contribution in [2.24, 2.45) is 0 Å². The van der Waals surface area contributed by atoms with Gasteiger partial charge in [0.1, 0.15) is 6.04 Å². The van der Waals surface area contributed by atoms with E-state index < -0.39 is 12.0 Å². The number of urea groups is 1. The Kier molecular flexibility index (Phi) is 6.78. The Morgan fingerprint density at radius 1 is 1.20 bits per heavy atom. The summed E-state index contributed by atoms with van der Waals surface area (Å²) in [6.45, 7) is 9.29. The largest absolute Gasteiger partial charge is 0.480 e. The fourth-order valence-corrected chi connectivity index (χ4v) is 2.41. The predicted octanol–water partition coefficient (Wildman–Crippen LogP) is 1.37. The van der Waals surface area contributed by atoms with Gasteiger partial charge in [-0.3, -0.25) is 4.90 Å². The predicted molar refractivity (Wildman–Crippen MR) is 77.8 cm³/mol. The molecule has 20 heavy (non-hydrogen) atoms. The highest BCUT2D eigenvalue weighted by Gasteiger charge is 2.26. The van der Waals surface area contributed by atoms with Crippen LogP contribution in [0.2, 0.25) is 0 Å². The van der Waals surface area contributed by atoms with E-state index in [1.807, 2.05) is 6.92 Å². The number of nitrogens with one attached hydrogen (secondary N) is 1. The topological polar surface area (TPSA) is 72.9 Å². The van der Waals surface area contributed by atoms with Gasteiger partial charge in [0.25, 0.3) is 0 Å². The van der Waals surface area contributed by atoms with Gasteiger partial charge in [-0.25, -0.2) is 9.59 Å². The molecule has 0 saturated carbocycles. The van der Waals surface area contributed by atoms with Gasteiger partial charge in [-0.05, 0) is 19.8 Å². The average molecular weight is 285 g/mol. The lowest BCUT2D eigenvalue weighted by Gasteiger charge is -2.38. The SMILES string of the molecule is CCC[C@@H](NC(=O)N1CCN(C(C)CC)CC1)C(=O)O. The highest BCUT2D eigenvalue weighted by atomic mass is 16.4. The number of aliphatic carboxylic acids is 1. The van der Waals surface area contributed by atoms with Gasteiger partial charge < -0.3 is 15.3 Å². The zero-order valence-electron chi connectivity index (χ0n) is 12.8. The van der Waals surface area contributed by atoms with Crippen LogP contribution in [0, 0.1) is 0 Å². The summed E-state index contributed by atoms with van der Waals surface area (Å²) in [5, 5.41) is 11.7. The minimum Gasteiger partial charge on any atom is -0.480 e. The molecular formula is C14H27N3O3. The molecule has 0 aliphatic carbocycles. The van der Waals surface area contributed by atoms with E-state index in [-0.39, 0.29) is 6.03 Å². The van der Waals surface area contributed by atoms with Crippen molar-refractivity contribution in [3.8, 4) is 0 Å². The van der Waals surface area contributed by atoms with Gasteiger partial charge in [0.15, 0.2) is 0 Å². The molecule has 1 aliphatic rings. The number of carbonyl (C=O) groups is 2. The highest BCUT2D eigenvalue weighted by Crippen LogP contribution is 2.09. The maximum absolute atomic E-state index is 12.1. The van der Waals surface area contributed by atoms with Crippen molar-refractivity contribution in [2.45, 2.75) is 52.1 Å². The van der Waals surface area contributed by atoms with E-state index in [2.05, 4.69) is 24.1 Å². The zero-order valence-corrected chi connectivity index (χ0v) is 12.8. The van der Waals surface area contributed by atoms with Gasteiger partial charge in [0, 0.05) is 32.2 Å². The Hall–Kier alpha value is -1.30. The fourth-order valence-electron chi connectivity index (χ4n) is 2.41. The van der Waals surface area contributed by atoms with Gasteiger partial charge in [-0.1, -0.05) is 20.3 Å². The maximum atomic E-state index is 12.1. The number of rotatable bonds is 6. The second kappa shape index (κ2) is 8.09. The second-order valence-corrected chi connectivity index (χ2v) is 5.41. The summed E-state index contributed by atoms with van der Waals surface area (Å²) in [7, 11) is 0. The number of nitrogens with zero attached hydrogens (tertiary/aromatic N) is 2. The van der Waals surface area contributed by atoms with Crippen molar-refractivity contribution in [1.29, 1.82) is 0 Å². The number of hydrogen-bond donors (Lipinski definition) is 2. The molecular weight excluding hydrogens is 258 g/mol. The van der Waals surface area contributed by atoms with Crippen LogP contribution in [0.3, 0.4) is 0 Å². The second-order valence-electron chi connectivity index (χ2n) is 5.41. The van der Waals surface area contributed by atoms with Crippen molar-refractivity contribution >= 4 is 12.0 Å². The van der Waals surface area contributed by atoms with Gasteiger partial charge in [0.05, 0.1) is 0 Å². The lowest BCUT2D eigenvalue weighted by Crippen LogP contribution is -2.55. The first-order valence-electron chi connectivity index (χ1n) is 7.51. The summed E-state index contributed by atoms with van der Waals surface area (Å²) in [4.78, 5) is 27.2. The van der Waals surface area contributed by atoms with E-state index in [1.54, 1.807) is 4.90 Å². The van der Waals surface area contributed by atoms with Crippen molar-refractivity contribution < 1.29 is 14.7 Å². The molecule has 0 radical (unpaired) electrons. The van der Waals surface area contributed by atoms with Crippen molar-refractivity contribution in [3.05, 3.63) is 0 Å². The summed E-state index contributed by atoms with van der Waals surface area (Å²) in [6, 6.07) is -0.498. The smallest absolute Gasteiger partial charge is 0.326 e. The monoisotopic (exact) mass is 285 g/mol. The van der Waals surface area contributed by atoms with Crippen LogP contribution in [0.1, 0.15) is 40.0 Å². The molecule has 1 fully saturated rings. The van der Waals surface area contributed by atoms with Gasteiger partial charge >= 0.3 is 12.0 Å². The number of carboxylic acids is 1. The molecule has 1 heterocycles. The first kappa shape index (κ1) is 16.8. The third kappa shape index (κ3) is 4.67. The van der Waals surface area contributed by atoms with Crippen molar-refractivity contribution in [2.75, 3.05) is 26.2 Å². The molecule has 0 aromatic carbocycles. The molecule has 0 spiro atoms. The third-order valence-corrected chi connectivity index (χ3v) is 3.99. The molecule has 0 aromatic heterocycles. The van der Waals surface area contributed by atoms with Gasteiger partial charge in [0.2, 0.25) is 0 Å². The molecule has 2 amide bonds. The molecule has 2 N–H and O–H groups in total. The summed E-state index contributed by atoms with van der Waals surface area (Å²) < 4.78 is 0. The summed E-state index contributed by atoms with van der Waals surface area (Å²) in [6.07, 6.45) is 2.30. The minimum absolute atomic E-state index is 0.255. The highest BCUT2D eigenvalue weighted by molar-refractivity contribution is 5.82. The Bertz CT molecular complexity index is 328. The molecule has 1 unspecified atom stereocenters. The number of carbonyl (C=O) groups excluding carboxylic acids is 1. The maximum Gasteiger partial charge on any atom is 0.326 e. The molecule has 0 aromatic rings. The number of hydrogen-bond acceptors (Lipinski definition) is 3. The Balaban J connectivity index is 2.44. The molecule has 6 heteroatoms. The van der Waals surface area contributed by atoms with Crippen molar-refractivity contribution in [3.63, 3.8) is 0 Å². The normalized spacial score (nSPS) is 19.4. The first-order valence-corrected chi connectivity index (χ1v) is 7.51. The molecule has 0 bridgehead atoms. The van der Waals surface area contributed by atoms with E-state index in [0.29, 0.717) is 25.6 Å². The summed E-state index contributed by atoms with van der Waals surface area (Å²) >= 11 is 0. The average Bonchev–Trinajstić information content (AvgIpc) is 2.45. The minimum atomic E-state index is -0.960. The first-order chi connectivity index (χ1) is 9.49. The van der Waals surface area contributed by atoms with E-state index in [9.17, 15) is 9.59 Å². The number of carboxylic acid groups (broad SMARTS) is 1. The molecule has 1 saturated heterocycles. The number of piperazine rings is 1. The summed E-state index contributed by atoms with van der Waals surface area (Å²) in [5.41, 5.74) is 0. The standard InChI is InChI=1S/C14H27N3O3/c1-4-6-12(13(18)19)15-14(20)17-9-7-16(8-10-17)11(3)5-2/h11-12H,4-10H2,1-3H3,(H,15,20)(H,18,19)/t11?,12-/m1/s1. The van der Waals surface area contributed by atoms with Crippen LogP contribution in [-0.2, 0) is 4.79 Å². The molecule has 1 aliphatic heterocycles. The quantitative estimate of drug-likeness (QED) is 0.773. The fraction of sp³-hybridized carbons (Fsp3) is 0.857. The van der Waals surface area contributed by atoms with Crippen molar-refractivity contribution in [1.82, 2.24) is 15.1 Å². The Morgan fingerprint density at radius 2 is 1.80 bits per heavy atom. The zero-order chi connectivity index (χ0) is 15.1. The van der Waals surface area contributed by atoms with E-state index >= 15 is 0 Å². The van der Waals surface area contributed by atoms with Crippen LogP contribution in [0.15, 0.2) is 0 Å². The van der Waals surface area contributed by atoms with Gasteiger partial charge in [-0.2, -0.15) is 0 Å². The van der Waals surface area contributed by atoms with Crippen LogP contribution < -0.4 is 5.32 Å². The Morgan fingerprint density at radius 3 is 2.25 bits per heavy atom. The summed E-state index contributed by atoms with van der Waals surface area (Å²) in [5.74, 6) is -0.960. The molecule has 1 rings (SSSR count). The Labute approximate surface area is 121 Å². The molecule has 116 valence electrons. The molecule has 6 nitrogen and oxygen atoms in total. The lowest BCUT2D eigenvalue weighted by atomic mass is 10.1. The van der Waals surface area contributed by atoms with Crippen LogP contribution in [0.5, 0.6) is 0 Å². The van der Waals surface area contributed by atoms with Crippen LogP contribution in [0.4, 0.5) is 4.79 Å². The lowest BCUT2D eigenvalue weighted by molar-refractivity contribution is -0.139. The van der Waals surface area contributed by atoms with E-state index in [1.165, 1.54) is 0 Å². The number of amides is 2. The van der Waals surface area contributed by atoms with Crippen LogP contribution in [-0.4, -0.2) is 65.2 Å².